The molecule has 0 aliphatic carbocycles. The van der Waals surface area contributed by atoms with Gasteiger partial charge in [0.1, 0.15) is 11.3 Å². The Labute approximate surface area is 222 Å². The molecule has 0 radical (unpaired) electrons. The summed E-state index contributed by atoms with van der Waals surface area (Å²) in [6.07, 6.45) is 2.65. The van der Waals surface area contributed by atoms with Crippen LogP contribution >= 0.6 is 0 Å². The number of halogens is 2. The molecule has 3 aromatic heterocycles. The van der Waals surface area contributed by atoms with E-state index >= 15 is 4.39 Å². The van der Waals surface area contributed by atoms with E-state index in [1.54, 1.807) is 31.4 Å². The van der Waals surface area contributed by atoms with Crippen LogP contribution in [0.15, 0.2) is 77.9 Å². The van der Waals surface area contributed by atoms with Crippen LogP contribution in [-0.2, 0) is 20.1 Å². The fourth-order valence-electron chi connectivity index (χ4n) is 4.39. The van der Waals surface area contributed by atoms with Gasteiger partial charge in [0.2, 0.25) is 5.43 Å². The van der Waals surface area contributed by atoms with E-state index < -0.39 is 29.5 Å². The Kier molecular flexibility index (Phi) is 7.00. The zero-order chi connectivity index (χ0) is 27.7. The molecule has 2 aromatic carbocycles. The van der Waals surface area contributed by atoms with Crippen molar-refractivity contribution < 1.29 is 23.4 Å². The van der Waals surface area contributed by atoms with Crippen molar-refractivity contribution in [1.29, 1.82) is 0 Å². The van der Waals surface area contributed by atoms with Gasteiger partial charge in [0.05, 0.1) is 28.9 Å². The maximum Gasteiger partial charge on any atom is 0.200 e. The molecule has 39 heavy (non-hydrogen) atoms. The number of fused-ring (bicyclic) bond motifs is 1. The van der Waals surface area contributed by atoms with Crippen LogP contribution in [-0.4, -0.2) is 25.4 Å². The summed E-state index contributed by atoms with van der Waals surface area (Å²) in [7, 11) is 1.60. The standard InChI is InChI=1S/C30H23F2N3O4/c1-17-3-9-23-29(34-17)27(11-12-33-23)39-26-10-4-18(13-22(26)32)14-25(37)21-15-35(2)24(16-36)28(30(21)38)19-5-7-20(31)8-6-19/h3-13,15,36H,14,16H2,1-2H3. The van der Waals surface area contributed by atoms with Crippen molar-refractivity contribution in [3.63, 3.8) is 0 Å². The fourth-order valence-corrected chi connectivity index (χ4v) is 4.39. The van der Waals surface area contributed by atoms with Gasteiger partial charge in [-0.2, -0.15) is 0 Å². The molecule has 0 aliphatic heterocycles. The SMILES string of the molecule is Cc1ccc2nccc(Oc3ccc(CC(=O)c4cn(C)c(CO)c(-c5ccc(F)cc5)c4=O)cc3F)c2n1. The quantitative estimate of drug-likeness (QED) is 0.289. The molecule has 0 spiro atoms. The predicted octanol–water partition coefficient (Wildman–Crippen LogP) is 5.29. The number of hydrogen-bond donors (Lipinski definition) is 1. The van der Waals surface area contributed by atoms with Crippen LogP contribution in [0.3, 0.4) is 0 Å². The number of rotatable bonds is 7. The average molecular weight is 528 g/mol. The number of ether oxygens (including phenoxy) is 1. The van der Waals surface area contributed by atoms with E-state index in [1.165, 1.54) is 47.2 Å². The van der Waals surface area contributed by atoms with Gasteiger partial charge < -0.3 is 14.4 Å². The number of ketones is 1. The third-order valence-corrected chi connectivity index (χ3v) is 6.36. The van der Waals surface area contributed by atoms with Gasteiger partial charge >= 0.3 is 0 Å². The normalized spacial score (nSPS) is 11.1. The third kappa shape index (κ3) is 5.17. The number of carbonyl (C=O) groups is 1. The molecule has 0 atom stereocenters. The third-order valence-electron chi connectivity index (χ3n) is 6.36. The molecule has 5 rings (SSSR count). The Morgan fingerprint density at radius 1 is 1.03 bits per heavy atom. The minimum absolute atomic E-state index is 0.0520. The highest BCUT2D eigenvalue weighted by molar-refractivity contribution is 5.98. The number of benzene rings is 2. The lowest BCUT2D eigenvalue weighted by molar-refractivity contribution is 0.0991. The van der Waals surface area contributed by atoms with Crippen molar-refractivity contribution in [2.45, 2.75) is 20.0 Å². The van der Waals surface area contributed by atoms with E-state index in [-0.39, 0.29) is 29.0 Å². The van der Waals surface area contributed by atoms with Crippen molar-refractivity contribution >= 4 is 16.8 Å². The highest BCUT2D eigenvalue weighted by Crippen LogP contribution is 2.30. The molecule has 0 fully saturated rings. The summed E-state index contributed by atoms with van der Waals surface area (Å²) in [4.78, 5) is 35.2. The lowest BCUT2D eigenvalue weighted by Gasteiger charge is -2.15. The second-order valence-electron chi connectivity index (χ2n) is 9.07. The molecule has 0 unspecified atom stereocenters. The van der Waals surface area contributed by atoms with Gasteiger partial charge in [-0.15, -0.1) is 0 Å². The number of aliphatic hydroxyl groups excluding tert-OH is 1. The lowest BCUT2D eigenvalue weighted by Crippen LogP contribution is -2.23. The van der Waals surface area contributed by atoms with E-state index in [2.05, 4.69) is 9.97 Å². The first-order valence-electron chi connectivity index (χ1n) is 12.1. The number of pyridine rings is 3. The van der Waals surface area contributed by atoms with Gasteiger partial charge in [0.25, 0.3) is 0 Å². The molecule has 0 saturated heterocycles. The molecule has 7 nitrogen and oxygen atoms in total. The molecule has 0 saturated carbocycles. The van der Waals surface area contributed by atoms with E-state index in [9.17, 15) is 19.1 Å². The molecule has 9 heteroatoms. The fraction of sp³-hybridized carbons (Fsp3) is 0.133. The smallest absolute Gasteiger partial charge is 0.200 e. The summed E-state index contributed by atoms with van der Waals surface area (Å²) >= 11 is 0. The van der Waals surface area contributed by atoms with Crippen LogP contribution in [0.1, 0.15) is 27.3 Å². The van der Waals surface area contributed by atoms with Crippen LogP contribution < -0.4 is 10.2 Å². The lowest BCUT2D eigenvalue weighted by atomic mass is 9.97. The minimum Gasteiger partial charge on any atom is -0.452 e. The summed E-state index contributed by atoms with van der Waals surface area (Å²) in [6, 6.07) is 14.6. The first-order valence-corrected chi connectivity index (χ1v) is 12.1. The zero-order valence-corrected chi connectivity index (χ0v) is 21.1. The summed E-state index contributed by atoms with van der Waals surface area (Å²) in [5, 5.41) is 9.86. The topological polar surface area (TPSA) is 94.3 Å². The highest BCUT2D eigenvalue weighted by Gasteiger charge is 2.21. The molecule has 3 heterocycles. The molecule has 1 N–H and O–H groups in total. The number of carbonyl (C=O) groups excluding carboxylic acids is 1. The maximum atomic E-state index is 15.0. The molecule has 0 bridgehead atoms. The number of aliphatic hydroxyl groups is 1. The van der Waals surface area contributed by atoms with Gasteiger partial charge in [0, 0.05) is 37.6 Å². The number of Topliss-reactive ketones (excluding diaryl/α,β-unsaturated/α-hetero) is 1. The molecule has 5 aromatic rings. The second-order valence-corrected chi connectivity index (χ2v) is 9.07. The number of aryl methyl sites for hydroxylation is 2. The maximum absolute atomic E-state index is 15.0. The summed E-state index contributed by atoms with van der Waals surface area (Å²) in [6.45, 7) is 1.37. The van der Waals surface area contributed by atoms with Crippen molar-refractivity contribution in [2.75, 3.05) is 0 Å². The zero-order valence-electron chi connectivity index (χ0n) is 21.1. The van der Waals surface area contributed by atoms with Crippen LogP contribution in [0.4, 0.5) is 8.78 Å². The Bertz CT molecular complexity index is 1780. The van der Waals surface area contributed by atoms with E-state index in [4.69, 9.17) is 4.74 Å². The summed E-state index contributed by atoms with van der Waals surface area (Å²) < 4.78 is 35.8. The van der Waals surface area contributed by atoms with Crippen molar-refractivity contribution in [3.05, 3.63) is 117 Å². The largest absolute Gasteiger partial charge is 0.452 e. The number of hydrogen-bond acceptors (Lipinski definition) is 6. The molecule has 0 aliphatic rings. The van der Waals surface area contributed by atoms with Crippen molar-refractivity contribution in [2.24, 2.45) is 7.05 Å². The molecule has 0 amide bonds. The predicted molar refractivity (Wildman–Crippen MR) is 142 cm³/mol. The van der Waals surface area contributed by atoms with Gasteiger partial charge in [-0.25, -0.2) is 13.8 Å². The second kappa shape index (κ2) is 10.5. The highest BCUT2D eigenvalue weighted by atomic mass is 19.1. The van der Waals surface area contributed by atoms with E-state index in [1.807, 2.05) is 13.0 Å². The Morgan fingerprint density at radius 3 is 2.51 bits per heavy atom. The number of nitrogens with zero attached hydrogens (tertiary/aromatic N) is 3. The Hall–Kier alpha value is -4.76. The van der Waals surface area contributed by atoms with Gasteiger partial charge in [-0.3, -0.25) is 14.6 Å². The summed E-state index contributed by atoms with van der Waals surface area (Å²) in [5.41, 5.74) is 2.24. The van der Waals surface area contributed by atoms with E-state index in [0.29, 0.717) is 27.9 Å². The number of aromatic nitrogens is 3. The van der Waals surface area contributed by atoms with Crippen LogP contribution in [0, 0.1) is 18.6 Å². The minimum atomic E-state index is -0.687. The monoisotopic (exact) mass is 527 g/mol. The van der Waals surface area contributed by atoms with Crippen LogP contribution in [0.2, 0.25) is 0 Å². The van der Waals surface area contributed by atoms with E-state index in [0.717, 1.165) is 5.69 Å². The molecular weight excluding hydrogens is 504 g/mol. The molecule has 196 valence electrons. The van der Waals surface area contributed by atoms with Gasteiger partial charge in [-0.05, 0) is 54.4 Å². The summed E-state index contributed by atoms with van der Waals surface area (Å²) in [5.74, 6) is -1.41. The Balaban J connectivity index is 1.43. The first-order chi connectivity index (χ1) is 18.7. The van der Waals surface area contributed by atoms with Crippen molar-refractivity contribution in [1.82, 2.24) is 14.5 Å². The molecular formula is C30H23F2N3O4. The van der Waals surface area contributed by atoms with Crippen LogP contribution in [0.5, 0.6) is 11.5 Å². The van der Waals surface area contributed by atoms with Gasteiger partial charge in [-0.1, -0.05) is 18.2 Å². The average Bonchev–Trinajstić information content (AvgIpc) is 2.92. The van der Waals surface area contributed by atoms with Crippen molar-refractivity contribution in [3.8, 4) is 22.6 Å². The first kappa shape index (κ1) is 25.9. The van der Waals surface area contributed by atoms with Gasteiger partial charge in [0.15, 0.2) is 23.1 Å². The van der Waals surface area contributed by atoms with Crippen LogP contribution in [0.25, 0.3) is 22.2 Å². The Morgan fingerprint density at radius 2 is 1.79 bits per heavy atom.